The van der Waals surface area contributed by atoms with Gasteiger partial charge >= 0.3 is 0 Å². The Labute approximate surface area is 142 Å². The molecule has 1 aromatic carbocycles. The van der Waals surface area contributed by atoms with Crippen LogP contribution in [0.15, 0.2) is 24.3 Å². The Hall–Kier alpha value is -2.08. The summed E-state index contributed by atoms with van der Waals surface area (Å²) in [6, 6.07) is 7.56. The molecule has 24 heavy (non-hydrogen) atoms. The van der Waals surface area contributed by atoms with Crippen molar-refractivity contribution in [2.75, 3.05) is 44.3 Å². The molecule has 2 saturated heterocycles. The first-order valence-corrected chi connectivity index (χ1v) is 8.68. The molecule has 1 atom stereocenters. The van der Waals surface area contributed by atoms with Crippen molar-refractivity contribution in [3.8, 4) is 0 Å². The number of likely N-dealkylation sites (tertiary alicyclic amines) is 1. The van der Waals surface area contributed by atoms with Crippen LogP contribution in [0, 0.1) is 0 Å². The van der Waals surface area contributed by atoms with Gasteiger partial charge in [-0.2, -0.15) is 0 Å². The second-order valence-corrected chi connectivity index (χ2v) is 6.36. The molecule has 0 aromatic heterocycles. The zero-order valence-corrected chi connectivity index (χ0v) is 14.2. The summed E-state index contributed by atoms with van der Waals surface area (Å²) in [6.07, 6.45) is 1.34. The molecule has 1 aromatic rings. The average Bonchev–Trinajstić information content (AvgIpc) is 2.95. The lowest BCUT2D eigenvalue weighted by atomic mass is 10.1. The number of morpholine rings is 1. The fraction of sp³-hybridized carbons (Fsp3) is 0.556. The molecule has 1 unspecified atom stereocenters. The summed E-state index contributed by atoms with van der Waals surface area (Å²) >= 11 is 0. The maximum Gasteiger partial charge on any atom is 0.251 e. The van der Waals surface area contributed by atoms with Crippen molar-refractivity contribution >= 4 is 17.5 Å². The Balaban J connectivity index is 1.56. The number of hydrogen-bond donors (Lipinski definition) is 1. The number of carbonyl (C=O) groups is 2. The van der Waals surface area contributed by atoms with Crippen LogP contribution in [0.3, 0.4) is 0 Å². The minimum absolute atomic E-state index is 0.0875. The van der Waals surface area contributed by atoms with Gasteiger partial charge < -0.3 is 19.9 Å². The van der Waals surface area contributed by atoms with E-state index in [1.54, 1.807) is 0 Å². The smallest absolute Gasteiger partial charge is 0.251 e. The predicted octanol–water partition coefficient (Wildman–Crippen LogP) is 1.26. The van der Waals surface area contributed by atoms with Crippen molar-refractivity contribution < 1.29 is 14.3 Å². The molecule has 0 spiro atoms. The zero-order valence-electron chi connectivity index (χ0n) is 14.2. The van der Waals surface area contributed by atoms with Crippen molar-refractivity contribution in [1.82, 2.24) is 10.2 Å². The zero-order chi connectivity index (χ0) is 16.9. The van der Waals surface area contributed by atoms with Gasteiger partial charge in [0.25, 0.3) is 5.91 Å². The minimum Gasteiger partial charge on any atom is -0.378 e. The number of ether oxygens (including phenoxy) is 1. The van der Waals surface area contributed by atoms with Crippen molar-refractivity contribution in [2.45, 2.75) is 25.8 Å². The lowest BCUT2D eigenvalue weighted by Crippen LogP contribution is -2.37. The van der Waals surface area contributed by atoms with Crippen molar-refractivity contribution in [3.63, 3.8) is 0 Å². The normalized spacial score (nSPS) is 21.2. The van der Waals surface area contributed by atoms with E-state index in [9.17, 15) is 9.59 Å². The molecule has 6 heteroatoms. The third kappa shape index (κ3) is 3.87. The highest BCUT2D eigenvalue weighted by molar-refractivity contribution is 5.95. The van der Waals surface area contributed by atoms with E-state index in [2.05, 4.69) is 17.1 Å². The highest BCUT2D eigenvalue weighted by Crippen LogP contribution is 2.17. The van der Waals surface area contributed by atoms with E-state index >= 15 is 0 Å². The van der Waals surface area contributed by atoms with Crippen LogP contribution in [-0.2, 0) is 9.53 Å². The third-order valence-corrected chi connectivity index (χ3v) is 4.55. The summed E-state index contributed by atoms with van der Waals surface area (Å²) in [5, 5.41) is 2.98. The first-order chi connectivity index (χ1) is 11.7. The van der Waals surface area contributed by atoms with Crippen molar-refractivity contribution in [1.29, 1.82) is 0 Å². The number of anilines is 1. The summed E-state index contributed by atoms with van der Waals surface area (Å²) in [5.41, 5.74) is 1.74. The number of carbonyl (C=O) groups excluding carboxylic acids is 2. The van der Waals surface area contributed by atoms with Gasteiger partial charge in [-0.1, -0.05) is 6.92 Å². The summed E-state index contributed by atoms with van der Waals surface area (Å²) < 4.78 is 5.35. The Bertz CT molecular complexity index is 582. The van der Waals surface area contributed by atoms with Gasteiger partial charge in [-0.25, -0.2) is 0 Å². The van der Waals surface area contributed by atoms with E-state index in [0.29, 0.717) is 18.5 Å². The van der Waals surface area contributed by atoms with E-state index in [1.165, 1.54) is 0 Å². The Morgan fingerprint density at radius 2 is 1.96 bits per heavy atom. The van der Waals surface area contributed by atoms with Gasteiger partial charge in [-0.05, 0) is 30.7 Å². The molecule has 0 radical (unpaired) electrons. The summed E-state index contributed by atoms with van der Waals surface area (Å²) in [4.78, 5) is 28.3. The largest absolute Gasteiger partial charge is 0.378 e. The monoisotopic (exact) mass is 331 g/mol. The van der Waals surface area contributed by atoms with Crippen LogP contribution in [0.1, 0.15) is 30.1 Å². The SMILES string of the molecule is CCCN1CC(NC(=O)c2ccc(N3CCOCC3)cc2)CC1=O. The van der Waals surface area contributed by atoms with Crippen LogP contribution < -0.4 is 10.2 Å². The molecule has 2 aliphatic rings. The Kier molecular flexibility index (Phi) is 5.35. The topological polar surface area (TPSA) is 61.9 Å². The minimum atomic E-state index is -0.111. The molecule has 3 rings (SSSR count). The van der Waals surface area contributed by atoms with E-state index in [0.717, 1.165) is 45.0 Å². The molecule has 2 fully saturated rings. The maximum absolute atomic E-state index is 12.4. The van der Waals surface area contributed by atoms with Gasteiger partial charge in [0.15, 0.2) is 0 Å². The van der Waals surface area contributed by atoms with E-state index in [-0.39, 0.29) is 17.9 Å². The van der Waals surface area contributed by atoms with Gasteiger partial charge in [-0.3, -0.25) is 9.59 Å². The third-order valence-electron chi connectivity index (χ3n) is 4.55. The lowest BCUT2D eigenvalue weighted by molar-refractivity contribution is -0.127. The van der Waals surface area contributed by atoms with Crippen LogP contribution in [0.25, 0.3) is 0 Å². The molecule has 0 saturated carbocycles. The lowest BCUT2D eigenvalue weighted by Gasteiger charge is -2.28. The highest BCUT2D eigenvalue weighted by Gasteiger charge is 2.30. The molecule has 2 heterocycles. The highest BCUT2D eigenvalue weighted by atomic mass is 16.5. The van der Waals surface area contributed by atoms with Gasteiger partial charge in [-0.15, -0.1) is 0 Å². The fourth-order valence-electron chi connectivity index (χ4n) is 3.27. The Morgan fingerprint density at radius 1 is 1.25 bits per heavy atom. The second kappa shape index (κ2) is 7.66. The molecular formula is C18H25N3O3. The first-order valence-electron chi connectivity index (χ1n) is 8.68. The molecule has 2 amide bonds. The average molecular weight is 331 g/mol. The van der Waals surface area contributed by atoms with E-state index < -0.39 is 0 Å². The van der Waals surface area contributed by atoms with Crippen LogP contribution >= 0.6 is 0 Å². The van der Waals surface area contributed by atoms with E-state index in [4.69, 9.17) is 4.74 Å². The molecule has 130 valence electrons. The summed E-state index contributed by atoms with van der Waals surface area (Å²) in [7, 11) is 0. The quantitative estimate of drug-likeness (QED) is 0.882. The van der Waals surface area contributed by atoms with Gasteiger partial charge in [0.2, 0.25) is 5.91 Å². The second-order valence-electron chi connectivity index (χ2n) is 6.36. The number of nitrogens with one attached hydrogen (secondary N) is 1. The van der Waals surface area contributed by atoms with Gasteiger partial charge in [0, 0.05) is 43.9 Å². The van der Waals surface area contributed by atoms with Crippen LogP contribution in [0.2, 0.25) is 0 Å². The van der Waals surface area contributed by atoms with Gasteiger partial charge in [0.1, 0.15) is 0 Å². The van der Waals surface area contributed by atoms with E-state index in [1.807, 2.05) is 29.2 Å². The van der Waals surface area contributed by atoms with Crippen LogP contribution in [-0.4, -0.2) is 62.1 Å². The summed E-state index contributed by atoms with van der Waals surface area (Å²) in [6.45, 7) is 6.67. The van der Waals surface area contributed by atoms with Crippen LogP contribution in [0.4, 0.5) is 5.69 Å². The number of amides is 2. The van der Waals surface area contributed by atoms with Crippen molar-refractivity contribution in [2.24, 2.45) is 0 Å². The molecule has 0 aliphatic carbocycles. The molecule has 6 nitrogen and oxygen atoms in total. The standard InChI is InChI=1S/C18H25N3O3/c1-2-7-21-13-15(12-17(21)22)19-18(23)14-3-5-16(6-4-14)20-8-10-24-11-9-20/h3-6,15H,2,7-13H2,1H3,(H,19,23). The number of hydrogen-bond acceptors (Lipinski definition) is 4. The first kappa shape index (κ1) is 16.8. The summed E-state index contributed by atoms with van der Waals surface area (Å²) in [5.74, 6) is 0.0180. The van der Waals surface area contributed by atoms with Gasteiger partial charge in [0.05, 0.1) is 19.3 Å². The molecular weight excluding hydrogens is 306 g/mol. The fourth-order valence-corrected chi connectivity index (χ4v) is 3.27. The number of rotatable bonds is 5. The predicted molar refractivity (Wildman–Crippen MR) is 92.2 cm³/mol. The maximum atomic E-state index is 12.4. The molecule has 2 aliphatic heterocycles. The number of benzene rings is 1. The van der Waals surface area contributed by atoms with Crippen molar-refractivity contribution in [3.05, 3.63) is 29.8 Å². The Morgan fingerprint density at radius 3 is 2.62 bits per heavy atom. The number of nitrogens with zero attached hydrogens (tertiary/aromatic N) is 2. The van der Waals surface area contributed by atoms with Crippen LogP contribution in [0.5, 0.6) is 0 Å². The molecule has 1 N–H and O–H groups in total. The molecule has 0 bridgehead atoms.